The topological polar surface area (TPSA) is 56.1 Å². The highest BCUT2D eigenvalue weighted by atomic mass is 79.9. The Bertz CT molecular complexity index is 655. The molecule has 112 valence electrons. The van der Waals surface area contributed by atoms with Gasteiger partial charge in [-0.2, -0.15) is 5.10 Å². The van der Waals surface area contributed by atoms with E-state index in [1.165, 1.54) is 4.68 Å². The van der Waals surface area contributed by atoms with Gasteiger partial charge in [-0.15, -0.1) is 0 Å². The predicted octanol–water partition coefficient (Wildman–Crippen LogP) is 2.91. The molecule has 2 rings (SSSR count). The zero-order valence-corrected chi connectivity index (χ0v) is 13.6. The van der Waals surface area contributed by atoms with E-state index in [2.05, 4.69) is 26.3 Å². The van der Waals surface area contributed by atoms with Crippen molar-refractivity contribution in [3.63, 3.8) is 0 Å². The second-order valence-electron chi connectivity index (χ2n) is 4.91. The molecule has 0 spiro atoms. The van der Waals surface area contributed by atoms with Crippen LogP contribution in [0.3, 0.4) is 0 Å². The van der Waals surface area contributed by atoms with Crippen molar-refractivity contribution in [1.29, 1.82) is 0 Å². The summed E-state index contributed by atoms with van der Waals surface area (Å²) >= 11 is 3.38. The molecular weight excluding hydrogens is 334 g/mol. The van der Waals surface area contributed by atoms with Crippen molar-refractivity contribution >= 4 is 21.6 Å². The molecule has 0 aliphatic heterocycles. The Balaban J connectivity index is 1.93. The molecule has 0 bridgehead atoms. The predicted molar refractivity (Wildman–Crippen MR) is 86.9 cm³/mol. The highest BCUT2D eigenvalue weighted by Crippen LogP contribution is 2.17. The molecular formula is C15H18BrN3O2. The highest BCUT2D eigenvalue weighted by molar-refractivity contribution is 9.10. The van der Waals surface area contributed by atoms with E-state index < -0.39 is 0 Å². The van der Waals surface area contributed by atoms with E-state index in [4.69, 9.17) is 4.74 Å². The molecule has 5 nitrogen and oxygen atoms in total. The van der Waals surface area contributed by atoms with Gasteiger partial charge < -0.3 is 10.1 Å². The highest BCUT2D eigenvalue weighted by Gasteiger charge is 2.02. The van der Waals surface area contributed by atoms with Crippen LogP contribution in [0.5, 0.6) is 5.75 Å². The Morgan fingerprint density at radius 3 is 2.86 bits per heavy atom. The number of anilines is 1. The van der Waals surface area contributed by atoms with E-state index in [0.717, 1.165) is 15.9 Å². The molecule has 1 aromatic carbocycles. The third-order valence-electron chi connectivity index (χ3n) is 2.69. The molecule has 0 fully saturated rings. The number of ether oxygens (including phenoxy) is 1. The summed E-state index contributed by atoms with van der Waals surface area (Å²) in [6, 6.07) is 9.39. The summed E-state index contributed by atoms with van der Waals surface area (Å²) in [5, 5.41) is 7.28. The molecule has 1 aromatic heterocycles. The van der Waals surface area contributed by atoms with Gasteiger partial charge in [-0.3, -0.25) is 4.79 Å². The number of hydrogen-bond acceptors (Lipinski definition) is 4. The van der Waals surface area contributed by atoms with Gasteiger partial charge in [0, 0.05) is 16.6 Å². The van der Waals surface area contributed by atoms with Crippen molar-refractivity contribution in [1.82, 2.24) is 9.78 Å². The second kappa shape index (κ2) is 7.26. The van der Waals surface area contributed by atoms with E-state index in [1.807, 2.05) is 38.1 Å². The molecule has 1 heterocycles. The summed E-state index contributed by atoms with van der Waals surface area (Å²) in [6.45, 7) is 4.82. The van der Waals surface area contributed by atoms with E-state index >= 15 is 0 Å². The first kappa shape index (κ1) is 15.6. The third kappa shape index (κ3) is 4.90. The fraction of sp³-hybridized carbons (Fsp3) is 0.333. The summed E-state index contributed by atoms with van der Waals surface area (Å²) in [4.78, 5) is 11.9. The van der Waals surface area contributed by atoms with E-state index in [9.17, 15) is 4.79 Å². The zero-order valence-electron chi connectivity index (χ0n) is 12.0. The largest absolute Gasteiger partial charge is 0.492 e. The van der Waals surface area contributed by atoms with Gasteiger partial charge in [-0.25, -0.2) is 4.68 Å². The van der Waals surface area contributed by atoms with Crippen LogP contribution >= 0.6 is 15.9 Å². The smallest absolute Gasteiger partial charge is 0.268 e. The molecule has 0 saturated heterocycles. The lowest BCUT2D eigenvalue weighted by molar-refractivity contribution is 0.287. The first-order chi connectivity index (χ1) is 10.0. The Morgan fingerprint density at radius 2 is 2.19 bits per heavy atom. The molecule has 1 N–H and O–H groups in total. The summed E-state index contributed by atoms with van der Waals surface area (Å²) in [6.07, 6.45) is 1.65. The van der Waals surface area contributed by atoms with Crippen LogP contribution in [-0.4, -0.2) is 22.4 Å². The van der Waals surface area contributed by atoms with Gasteiger partial charge >= 0.3 is 0 Å². The molecule has 0 aliphatic carbocycles. The summed E-state index contributed by atoms with van der Waals surface area (Å²) in [5.74, 6) is 0.760. The standard InChI is InChI=1S/C15H18BrN3O2/c1-11(2)18-13-9-15(20)19(17-10-13)6-7-21-14-5-3-4-12(16)8-14/h3-5,8-11,18H,6-7H2,1-2H3. The molecule has 6 heteroatoms. The van der Waals surface area contributed by atoms with Crippen molar-refractivity contribution in [2.75, 3.05) is 11.9 Å². The maximum absolute atomic E-state index is 11.9. The Hall–Kier alpha value is -1.82. The van der Waals surface area contributed by atoms with Gasteiger partial charge in [0.05, 0.1) is 18.4 Å². The zero-order chi connectivity index (χ0) is 15.2. The minimum absolute atomic E-state index is 0.140. The SMILES string of the molecule is CC(C)Nc1cnn(CCOc2cccc(Br)c2)c(=O)c1. The molecule has 0 aliphatic rings. The minimum Gasteiger partial charge on any atom is -0.492 e. The molecule has 0 amide bonds. The van der Waals surface area contributed by atoms with Crippen LogP contribution in [0.4, 0.5) is 5.69 Å². The van der Waals surface area contributed by atoms with Crippen molar-refractivity contribution in [3.05, 3.63) is 51.4 Å². The van der Waals surface area contributed by atoms with Gasteiger partial charge in [0.15, 0.2) is 0 Å². The number of rotatable bonds is 6. The van der Waals surface area contributed by atoms with Crippen molar-refractivity contribution < 1.29 is 4.74 Å². The lowest BCUT2D eigenvalue weighted by Gasteiger charge is -2.11. The van der Waals surface area contributed by atoms with E-state index in [0.29, 0.717) is 13.2 Å². The molecule has 0 atom stereocenters. The first-order valence-electron chi connectivity index (χ1n) is 6.76. The number of nitrogens with zero attached hydrogens (tertiary/aromatic N) is 2. The Labute approximate surface area is 132 Å². The van der Waals surface area contributed by atoms with Gasteiger partial charge in [0.2, 0.25) is 0 Å². The Kier molecular flexibility index (Phi) is 5.38. The van der Waals surface area contributed by atoms with Crippen molar-refractivity contribution in [3.8, 4) is 5.75 Å². The number of halogens is 1. The van der Waals surface area contributed by atoms with Crippen LogP contribution < -0.4 is 15.6 Å². The maximum Gasteiger partial charge on any atom is 0.268 e. The van der Waals surface area contributed by atoms with E-state index in [1.54, 1.807) is 12.3 Å². The lowest BCUT2D eigenvalue weighted by atomic mass is 10.3. The number of benzene rings is 1. The number of hydrogen-bond donors (Lipinski definition) is 1. The molecule has 0 unspecified atom stereocenters. The van der Waals surface area contributed by atoms with Crippen LogP contribution in [0.15, 0.2) is 45.8 Å². The van der Waals surface area contributed by atoms with Gasteiger partial charge in [-0.05, 0) is 32.0 Å². The summed E-state index contributed by atoms with van der Waals surface area (Å²) in [7, 11) is 0. The van der Waals surface area contributed by atoms with Crippen molar-refractivity contribution in [2.45, 2.75) is 26.4 Å². The van der Waals surface area contributed by atoms with Crippen LogP contribution in [0.1, 0.15) is 13.8 Å². The normalized spacial score (nSPS) is 10.7. The average Bonchev–Trinajstić information content (AvgIpc) is 2.40. The molecule has 0 saturated carbocycles. The average molecular weight is 352 g/mol. The second-order valence-corrected chi connectivity index (χ2v) is 5.83. The first-order valence-corrected chi connectivity index (χ1v) is 7.56. The number of aromatic nitrogens is 2. The van der Waals surface area contributed by atoms with Gasteiger partial charge in [-0.1, -0.05) is 22.0 Å². The van der Waals surface area contributed by atoms with Crippen LogP contribution in [-0.2, 0) is 6.54 Å². The summed E-state index contributed by atoms with van der Waals surface area (Å²) in [5.41, 5.74) is 0.595. The number of nitrogens with one attached hydrogen (secondary N) is 1. The van der Waals surface area contributed by atoms with Gasteiger partial charge in [0.1, 0.15) is 12.4 Å². The lowest BCUT2D eigenvalue weighted by Crippen LogP contribution is -2.26. The molecule has 0 radical (unpaired) electrons. The van der Waals surface area contributed by atoms with Crippen LogP contribution in [0, 0.1) is 0 Å². The molecule has 21 heavy (non-hydrogen) atoms. The van der Waals surface area contributed by atoms with E-state index in [-0.39, 0.29) is 11.6 Å². The third-order valence-corrected chi connectivity index (χ3v) is 3.19. The van der Waals surface area contributed by atoms with Crippen LogP contribution in [0.2, 0.25) is 0 Å². The maximum atomic E-state index is 11.9. The fourth-order valence-corrected chi connectivity index (χ4v) is 2.20. The van der Waals surface area contributed by atoms with Crippen molar-refractivity contribution in [2.24, 2.45) is 0 Å². The molecule has 2 aromatic rings. The quantitative estimate of drug-likeness (QED) is 0.869. The monoisotopic (exact) mass is 351 g/mol. The summed E-state index contributed by atoms with van der Waals surface area (Å²) < 4.78 is 7.95. The minimum atomic E-state index is -0.140. The van der Waals surface area contributed by atoms with Gasteiger partial charge in [0.25, 0.3) is 5.56 Å². The Morgan fingerprint density at radius 1 is 1.38 bits per heavy atom. The van der Waals surface area contributed by atoms with Crippen LogP contribution in [0.25, 0.3) is 0 Å². The fourth-order valence-electron chi connectivity index (χ4n) is 1.82.